The number of aliphatic hydroxyl groups excluding tert-OH is 1. The van der Waals surface area contributed by atoms with Gasteiger partial charge in [0, 0.05) is 19.4 Å². The smallest absolute Gasteiger partial charge is 0.326 e. The van der Waals surface area contributed by atoms with Crippen molar-refractivity contribution in [3.05, 3.63) is 29.8 Å². The number of carboxylic acids is 4. The third-order valence-corrected chi connectivity index (χ3v) is 10.8. The first-order valence-corrected chi connectivity index (χ1v) is 23.9. The van der Waals surface area contributed by atoms with E-state index in [1.54, 1.807) is 27.7 Å². The van der Waals surface area contributed by atoms with Crippen LogP contribution in [0.5, 0.6) is 5.75 Å². The molecule has 1 aromatic carbocycles. The first kappa shape index (κ1) is 65.9. The highest BCUT2D eigenvalue weighted by Crippen LogP contribution is 2.14. The van der Waals surface area contributed by atoms with E-state index in [-0.39, 0.29) is 62.2 Å². The van der Waals surface area contributed by atoms with Crippen LogP contribution in [-0.2, 0) is 64.0 Å². The Hall–Kier alpha value is -8.15. The largest absolute Gasteiger partial charge is 0.508 e. The minimum absolute atomic E-state index is 0.0297. The van der Waals surface area contributed by atoms with E-state index in [1.165, 1.54) is 24.3 Å². The van der Waals surface area contributed by atoms with Crippen LogP contribution in [0.3, 0.4) is 0 Å². The standard InChI is InChI=1S/C46H72N12O18/c1-21(2)15-29(57-44(74)37(23(5)59)58-43(73)30(16-22(3)4)54-38(68)26(47)18-35(64)65)41(71)53-27(12-13-34(62)63)40(70)56-32(19-36(66)67)42(72)55-31(17-24-8-10-25(60)11-9-24)39(69)51-20-33(61)52-28(45(75)76)7-6-14-50-46(48)49/h8-11,21-23,26-32,37,59-60H,6-7,12-20,47H2,1-5H3,(H,51,69)(H,52,61)(H,53,71)(H,54,68)(H,55,72)(H,56,70)(H,57,74)(H,58,73)(H,62,63)(H,64,65)(H,66,67)(H,75,76)(H4,48,49,50)/t23-,26+,27+,28+,29+,30+,31+,32+,37+/m1/s1. The van der Waals surface area contributed by atoms with Crippen molar-refractivity contribution < 1.29 is 88.2 Å². The Balaban J connectivity index is 3.46. The summed E-state index contributed by atoms with van der Waals surface area (Å²) in [6, 6.07) is -8.02. The minimum atomic E-state index is -2.04. The second-order valence-electron chi connectivity index (χ2n) is 18.5. The summed E-state index contributed by atoms with van der Waals surface area (Å²) >= 11 is 0. The molecule has 30 heteroatoms. The SMILES string of the molecule is CC(C)C[C@H](NC(=O)[C@@H](NC(=O)[C@H](CC(C)C)NC(=O)[C@@H](N)CC(=O)O)[C@@H](C)O)C(=O)N[C@@H](CCC(=O)O)C(=O)N[C@@H](CC(=O)O)C(=O)N[C@@H](Cc1ccc(O)cc1)C(=O)NCC(=O)N[C@@H](CCCN=C(N)N)C(=O)O. The lowest BCUT2D eigenvalue weighted by molar-refractivity contribution is -0.142. The molecule has 0 unspecified atom stereocenters. The number of hydrogen-bond donors (Lipinski definition) is 17. The predicted octanol–water partition coefficient (Wildman–Crippen LogP) is -4.80. The quantitative estimate of drug-likeness (QED) is 0.0172. The maximum Gasteiger partial charge on any atom is 0.326 e. The molecule has 0 fully saturated rings. The molecule has 1 rings (SSSR count). The number of guanidine groups is 1. The number of hydrogen-bond acceptors (Lipinski definition) is 16. The molecule has 0 aliphatic carbocycles. The second kappa shape index (κ2) is 32.9. The maximum atomic E-state index is 14.0. The van der Waals surface area contributed by atoms with Crippen molar-refractivity contribution in [3.63, 3.8) is 0 Å². The van der Waals surface area contributed by atoms with Crippen LogP contribution in [0.2, 0.25) is 0 Å². The molecule has 0 heterocycles. The third kappa shape index (κ3) is 26.2. The lowest BCUT2D eigenvalue weighted by atomic mass is 10.00. The number of amides is 8. The van der Waals surface area contributed by atoms with Crippen molar-refractivity contribution in [1.29, 1.82) is 0 Å². The van der Waals surface area contributed by atoms with Gasteiger partial charge in [0.2, 0.25) is 47.3 Å². The molecule has 9 atom stereocenters. The van der Waals surface area contributed by atoms with Gasteiger partial charge in [-0.1, -0.05) is 39.8 Å². The fourth-order valence-electron chi connectivity index (χ4n) is 7.00. The van der Waals surface area contributed by atoms with Gasteiger partial charge in [-0.25, -0.2) is 4.79 Å². The Morgan fingerprint density at radius 3 is 1.54 bits per heavy atom. The van der Waals surface area contributed by atoms with E-state index >= 15 is 0 Å². The number of phenolic OH excluding ortho intramolecular Hbond substituents is 1. The van der Waals surface area contributed by atoms with Crippen LogP contribution in [0, 0.1) is 11.8 Å². The molecule has 0 aliphatic rings. The number of carbonyl (C=O) groups is 12. The highest BCUT2D eigenvalue weighted by molar-refractivity contribution is 5.99. The first-order valence-electron chi connectivity index (χ1n) is 23.9. The summed E-state index contributed by atoms with van der Waals surface area (Å²) in [7, 11) is 0. The highest BCUT2D eigenvalue weighted by Gasteiger charge is 2.36. The first-order chi connectivity index (χ1) is 35.4. The summed E-state index contributed by atoms with van der Waals surface area (Å²) in [6.45, 7) is 7.01. The van der Waals surface area contributed by atoms with E-state index in [0.717, 1.165) is 6.92 Å². The van der Waals surface area contributed by atoms with Crippen molar-refractivity contribution in [2.24, 2.45) is 34.0 Å². The van der Waals surface area contributed by atoms with Gasteiger partial charge in [0.25, 0.3) is 0 Å². The van der Waals surface area contributed by atoms with Crippen LogP contribution in [0.15, 0.2) is 29.3 Å². The van der Waals surface area contributed by atoms with Crippen molar-refractivity contribution in [1.82, 2.24) is 42.5 Å². The van der Waals surface area contributed by atoms with Crippen LogP contribution >= 0.6 is 0 Å². The number of aliphatic hydroxyl groups is 1. The molecule has 8 amide bonds. The molecule has 0 saturated heterocycles. The molecule has 0 bridgehead atoms. The third-order valence-electron chi connectivity index (χ3n) is 10.8. The van der Waals surface area contributed by atoms with E-state index < -0.39 is 158 Å². The Kier molecular flexibility index (Phi) is 28.5. The molecule has 76 heavy (non-hydrogen) atoms. The zero-order chi connectivity index (χ0) is 58.0. The van der Waals surface area contributed by atoms with Crippen molar-refractivity contribution in [3.8, 4) is 5.75 Å². The average Bonchev–Trinajstić information content (AvgIpc) is 3.30. The van der Waals surface area contributed by atoms with Gasteiger partial charge in [0.05, 0.1) is 31.5 Å². The molecular formula is C46H72N12O18. The molecule has 0 spiro atoms. The van der Waals surface area contributed by atoms with Gasteiger partial charge >= 0.3 is 23.9 Å². The highest BCUT2D eigenvalue weighted by atomic mass is 16.4. The summed E-state index contributed by atoms with van der Waals surface area (Å²) in [5.41, 5.74) is 16.5. The number of rotatable bonds is 35. The van der Waals surface area contributed by atoms with Crippen molar-refractivity contribution in [2.75, 3.05) is 13.1 Å². The van der Waals surface area contributed by atoms with Crippen molar-refractivity contribution >= 4 is 77.1 Å². The van der Waals surface area contributed by atoms with Crippen molar-refractivity contribution in [2.45, 2.75) is 147 Å². The molecule has 0 aromatic heterocycles. The van der Waals surface area contributed by atoms with Gasteiger partial charge in [-0.05, 0) is 68.6 Å². The molecule has 0 saturated carbocycles. The van der Waals surface area contributed by atoms with E-state index in [4.69, 9.17) is 22.3 Å². The van der Waals surface area contributed by atoms with Crippen LogP contribution in [0.25, 0.3) is 0 Å². The summed E-state index contributed by atoms with van der Waals surface area (Å²) in [5.74, 6) is -15.8. The lowest BCUT2D eigenvalue weighted by Gasteiger charge is -2.29. The van der Waals surface area contributed by atoms with Gasteiger partial charge in [-0.3, -0.25) is 57.7 Å². The fraction of sp³-hybridized carbons (Fsp3) is 0.587. The number of aliphatic carboxylic acids is 4. The molecule has 1 aromatic rings. The number of nitrogens with two attached hydrogens (primary N) is 3. The zero-order valence-corrected chi connectivity index (χ0v) is 42.7. The minimum Gasteiger partial charge on any atom is -0.508 e. The maximum absolute atomic E-state index is 14.0. The Morgan fingerprint density at radius 1 is 0.553 bits per heavy atom. The average molecular weight is 1080 g/mol. The lowest BCUT2D eigenvalue weighted by Crippen LogP contribution is -2.62. The molecule has 20 N–H and O–H groups in total. The summed E-state index contributed by atoms with van der Waals surface area (Å²) < 4.78 is 0. The van der Waals surface area contributed by atoms with E-state index in [0.29, 0.717) is 5.56 Å². The van der Waals surface area contributed by atoms with E-state index in [9.17, 15) is 83.1 Å². The van der Waals surface area contributed by atoms with Crippen LogP contribution in [-0.4, -0.2) is 175 Å². The number of phenols is 1. The molecule has 0 radical (unpaired) electrons. The summed E-state index contributed by atoms with van der Waals surface area (Å²) in [6.07, 6.45) is -5.54. The normalized spacial score (nSPS) is 14.5. The zero-order valence-electron chi connectivity index (χ0n) is 42.7. The summed E-state index contributed by atoms with van der Waals surface area (Å²) in [5, 5.41) is 76.6. The van der Waals surface area contributed by atoms with Crippen LogP contribution in [0.4, 0.5) is 0 Å². The number of nitrogens with one attached hydrogen (secondary N) is 8. The number of aromatic hydroxyl groups is 1. The number of benzene rings is 1. The molecule has 0 aliphatic heterocycles. The summed E-state index contributed by atoms with van der Waals surface area (Å²) in [4.78, 5) is 158. The molecule has 424 valence electrons. The van der Waals surface area contributed by atoms with Gasteiger partial charge in [-0.2, -0.15) is 0 Å². The Bertz CT molecular complexity index is 2240. The monoisotopic (exact) mass is 1080 g/mol. The van der Waals surface area contributed by atoms with Crippen LogP contribution in [0.1, 0.15) is 91.5 Å². The molecule has 30 nitrogen and oxygen atoms in total. The van der Waals surface area contributed by atoms with Crippen LogP contribution < -0.4 is 59.7 Å². The second-order valence-corrected chi connectivity index (χ2v) is 18.5. The Labute approximate surface area is 436 Å². The van der Waals surface area contributed by atoms with Gasteiger partial charge in [0.15, 0.2) is 5.96 Å². The fourth-order valence-corrected chi connectivity index (χ4v) is 7.00. The van der Waals surface area contributed by atoms with Gasteiger partial charge < -0.3 is 90.4 Å². The number of carboxylic acid groups (broad SMARTS) is 4. The number of aliphatic imine (C=N–C) groups is 1. The van der Waals surface area contributed by atoms with E-state index in [2.05, 4.69) is 47.5 Å². The Morgan fingerprint density at radius 2 is 1.04 bits per heavy atom. The molecular weight excluding hydrogens is 1010 g/mol. The topological polar surface area (TPSA) is 513 Å². The number of carbonyl (C=O) groups excluding carboxylic acids is 8. The number of nitrogens with zero attached hydrogens (tertiary/aromatic N) is 1. The van der Waals surface area contributed by atoms with E-state index in [1.807, 2.05) is 0 Å². The predicted molar refractivity (Wildman–Crippen MR) is 266 cm³/mol. The van der Waals surface area contributed by atoms with Gasteiger partial charge in [0.1, 0.15) is 48.0 Å². The van der Waals surface area contributed by atoms with Gasteiger partial charge in [-0.15, -0.1) is 0 Å².